The summed E-state index contributed by atoms with van der Waals surface area (Å²) in [4.78, 5) is 11.0. The second-order valence-electron chi connectivity index (χ2n) is 4.12. The Balaban J connectivity index is 2.33. The molecule has 1 aromatic carbocycles. The van der Waals surface area contributed by atoms with E-state index in [1.807, 2.05) is 0 Å². The van der Waals surface area contributed by atoms with Crippen molar-refractivity contribution in [2.24, 2.45) is 5.73 Å². The second-order valence-corrected chi connectivity index (χ2v) is 4.12. The van der Waals surface area contributed by atoms with Crippen LogP contribution in [-0.4, -0.2) is 19.0 Å². The van der Waals surface area contributed by atoms with Crippen LogP contribution in [0.25, 0.3) is 0 Å². The number of amides is 1. The molecule has 16 heavy (non-hydrogen) atoms. The zero-order valence-electron chi connectivity index (χ0n) is 9.00. The highest BCUT2D eigenvalue weighted by molar-refractivity contribution is 5.93. The first-order chi connectivity index (χ1) is 7.70. The minimum Gasteiger partial charge on any atom is -0.366 e. The Bertz CT molecular complexity index is 400. The van der Waals surface area contributed by atoms with Gasteiger partial charge in [0.15, 0.2) is 0 Å². The maximum absolute atomic E-state index is 14.0. The van der Waals surface area contributed by atoms with E-state index in [9.17, 15) is 9.18 Å². The Labute approximate surface area is 93.8 Å². The van der Waals surface area contributed by atoms with Gasteiger partial charge in [-0.25, -0.2) is 4.39 Å². The molecule has 86 valence electrons. The first-order valence-electron chi connectivity index (χ1n) is 5.49. The Morgan fingerprint density at radius 3 is 2.94 bits per heavy atom. The molecule has 1 fully saturated rings. The van der Waals surface area contributed by atoms with E-state index in [-0.39, 0.29) is 11.5 Å². The summed E-state index contributed by atoms with van der Waals surface area (Å²) in [6.45, 7) is 1.74. The minimum atomic E-state index is -0.705. The number of nitrogens with two attached hydrogens (primary N) is 1. The number of hydrogen-bond donors (Lipinski definition) is 2. The summed E-state index contributed by atoms with van der Waals surface area (Å²) in [5, 5.41) is 3.23. The number of benzene rings is 1. The second kappa shape index (κ2) is 4.61. The molecule has 1 amide bonds. The summed E-state index contributed by atoms with van der Waals surface area (Å²) in [6, 6.07) is 4.85. The molecule has 0 aromatic heterocycles. The third-order valence-corrected chi connectivity index (χ3v) is 3.03. The SMILES string of the molecule is NC(=O)c1cccc(C2CCCNC2)c1F. The lowest BCUT2D eigenvalue weighted by molar-refractivity contribution is 0.0996. The largest absolute Gasteiger partial charge is 0.366 e. The van der Waals surface area contributed by atoms with Crippen LogP contribution in [0.3, 0.4) is 0 Å². The maximum atomic E-state index is 14.0. The van der Waals surface area contributed by atoms with Crippen molar-refractivity contribution in [3.8, 4) is 0 Å². The van der Waals surface area contributed by atoms with Gasteiger partial charge in [0, 0.05) is 6.54 Å². The Hall–Kier alpha value is -1.42. The van der Waals surface area contributed by atoms with Crippen molar-refractivity contribution in [3.05, 3.63) is 35.1 Å². The van der Waals surface area contributed by atoms with E-state index in [4.69, 9.17) is 5.73 Å². The first kappa shape index (κ1) is 11.1. The van der Waals surface area contributed by atoms with Crippen LogP contribution in [0, 0.1) is 5.82 Å². The molecule has 1 aliphatic heterocycles. The predicted octanol–water partition coefficient (Wildman–Crippen LogP) is 1.39. The molecule has 0 spiro atoms. The zero-order valence-corrected chi connectivity index (χ0v) is 9.00. The van der Waals surface area contributed by atoms with E-state index in [0.717, 1.165) is 25.9 Å². The molecule has 1 aliphatic rings. The first-order valence-corrected chi connectivity index (χ1v) is 5.49. The van der Waals surface area contributed by atoms with Crippen LogP contribution in [-0.2, 0) is 0 Å². The van der Waals surface area contributed by atoms with Crippen LogP contribution >= 0.6 is 0 Å². The van der Waals surface area contributed by atoms with Crippen LogP contribution in [0.15, 0.2) is 18.2 Å². The van der Waals surface area contributed by atoms with Crippen molar-refractivity contribution in [1.82, 2.24) is 5.32 Å². The third-order valence-electron chi connectivity index (χ3n) is 3.03. The molecular formula is C12H15FN2O. The molecule has 4 heteroatoms. The fourth-order valence-electron chi connectivity index (χ4n) is 2.17. The van der Waals surface area contributed by atoms with Gasteiger partial charge in [-0.3, -0.25) is 4.79 Å². The summed E-state index contributed by atoms with van der Waals surface area (Å²) in [5.41, 5.74) is 5.71. The molecule has 1 aromatic rings. The van der Waals surface area contributed by atoms with Crippen molar-refractivity contribution in [1.29, 1.82) is 0 Å². The number of carbonyl (C=O) groups excluding carboxylic acids is 1. The Morgan fingerprint density at radius 1 is 1.50 bits per heavy atom. The molecule has 1 unspecified atom stereocenters. The van der Waals surface area contributed by atoms with Crippen molar-refractivity contribution >= 4 is 5.91 Å². The highest BCUT2D eigenvalue weighted by Gasteiger charge is 2.21. The minimum absolute atomic E-state index is 0.0110. The molecule has 1 atom stereocenters. The summed E-state index contributed by atoms with van der Waals surface area (Å²) >= 11 is 0. The number of halogens is 1. The van der Waals surface area contributed by atoms with Crippen LogP contribution in [0.4, 0.5) is 4.39 Å². The number of piperidine rings is 1. The number of nitrogens with one attached hydrogen (secondary N) is 1. The molecular weight excluding hydrogens is 207 g/mol. The fourth-order valence-corrected chi connectivity index (χ4v) is 2.17. The number of primary amides is 1. The molecule has 3 nitrogen and oxygen atoms in total. The van der Waals surface area contributed by atoms with Gasteiger partial charge in [0.1, 0.15) is 5.82 Å². The van der Waals surface area contributed by atoms with Crippen LogP contribution in [0.5, 0.6) is 0 Å². The van der Waals surface area contributed by atoms with E-state index >= 15 is 0 Å². The molecule has 2 rings (SSSR count). The quantitative estimate of drug-likeness (QED) is 0.794. The van der Waals surface area contributed by atoms with Crippen molar-refractivity contribution in [2.45, 2.75) is 18.8 Å². The molecule has 0 aliphatic carbocycles. The lowest BCUT2D eigenvalue weighted by Crippen LogP contribution is -2.29. The summed E-state index contributed by atoms with van der Waals surface area (Å²) < 4.78 is 14.0. The van der Waals surface area contributed by atoms with E-state index < -0.39 is 11.7 Å². The zero-order chi connectivity index (χ0) is 11.5. The average Bonchev–Trinajstić information content (AvgIpc) is 2.30. The van der Waals surface area contributed by atoms with Gasteiger partial charge in [0.05, 0.1) is 5.56 Å². The van der Waals surface area contributed by atoms with E-state index in [1.54, 1.807) is 12.1 Å². The van der Waals surface area contributed by atoms with Crippen LogP contribution in [0.1, 0.15) is 34.7 Å². The molecule has 0 radical (unpaired) electrons. The van der Waals surface area contributed by atoms with Gasteiger partial charge in [-0.2, -0.15) is 0 Å². The van der Waals surface area contributed by atoms with Gasteiger partial charge in [0.25, 0.3) is 5.91 Å². The monoisotopic (exact) mass is 222 g/mol. The highest BCUT2D eigenvalue weighted by atomic mass is 19.1. The van der Waals surface area contributed by atoms with E-state index in [0.29, 0.717) is 5.56 Å². The molecule has 1 heterocycles. The number of hydrogen-bond acceptors (Lipinski definition) is 2. The third kappa shape index (κ3) is 2.07. The van der Waals surface area contributed by atoms with Crippen molar-refractivity contribution < 1.29 is 9.18 Å². The standard InChI is InChI=1S/C12H15FN2O/c13-11-9(8-3-2-6-15-7-8)4-1-5-10(11)12(14)16/h1,4-5,8,15H,2-3,6-7H2,(H2,14,16). The normalized spacial score (nSPS) is 20.7. The van der Waals surface area contributed by atoms with Crippen molar-refractivity contribution in [3.63, 3.8) is 0 Å². The van der Waals surface area contributed by atoms with Crippen LogP contribution in [0.2, 0.25) is 0 Å². The van der Waals surface area contributed by atoms with Gasteiger partial charge < -0.3 is 11.1 Å². The van der Waals surface area contributed by atoms with E-state index in [2.05, 4.69) is 5.32 Å². The lowest BCUT2D eigenvalue weighted by atomic mass is 9.90. The van der Waals surface area contributed by atoms with Gasteiger partial charge >= 0.3 is 0 Å². The predicted molar refractivity (Wildman–Crippen MR) is 59.8 cm³/mol. The Morgan fingerprint density at radius 2 is 2.31 bits per heavy atom. The Kier molecular flexibility index (Phi) is 3.19. The summed E-state index contributed by atoms with van der Waals surface area (Å²) in [6.07, 6.45) is 1.98. The number of carbonyl (C=O) groups is 1. The highest BCUT2D eigenvalue weighted by Crippen LogP contribution is 2.26. The maximum Gasteiger partial charge on any atom is 0.251 e. The van der Waals surface area contributed by atoms with Gasteiger partial charge in [-0.05, 0) is 36.9 Å². The summed E-state index contributed by atoms with van der Waals surface area (Å²) in [7, 11) is 0. The smallest absolute Gasteiger partial charge is 0.251 e. The van der Waals surface area contributed by atoms with E-state index in [1.165, 1.54) is 6.07 Å². The molecule has 3 N–H and O–H groups in total. The van der Waals surface area contributed by atoms with Crippen molar-refractivity contribution in [2.75, 3.05) is 13.1 Å². The molecule has 1 saturated heterocycles. The average molecular weight is 222 g/mol. The lowest BCUT2D eigenvalue weighted by Gasteiger charge is -2.23. The molecule has 0 bridgehead atoms. The van der Waals surface area contributed by atoms with Gasteiger partial charge in [-0.15, -0.1) is 0 Å². The van der Waals surface area contributed by atoms with Gasteiger partial charge in [-0.1, -0.05) is 12.1 Å². The van der Waals surface area contributed by atoms with Crippen LogP contribution < -0.4 is 11.1 Å². The fraction of sp³-hybridized carbons (Fsp3) is 0.417. The topological polar surface area (TPSA) is 55.1 Å². The summed E-state index contributed by atoms with van der Waals surface area (Å²) in [5.74, 6) is -1.01. The molecule has 0 saturated carbocycles. The van der Waals surface area contributed by atoms with Gasteiger partial charge in [0.2, 0.25) is 0 Å². The number of rotatable bonds is 2.